The zero-order chi connectivity index (χ0) is 22.4. The van der Waals surface area contributed by atoms with E-state index in [1.807, 2.05) is 24.8 Å². The van der Waals surface area contributed by atoms with Gasteiger partial charge in [-0.2, -0.15) is 0 Å². The molecule has 2 heterocycles. The molecule has 168 valence electrons. The molecule has 1 saturated heterocycles. The van der Waals surface area contributed by atoms with E-state index in [4.69, 9.17) is 0 Å². The lowest BCUT2D eigenvalue weighted by Gasteiger charge is -2.34. The Bertz CT molecular complexity index is 905. The third-order valence-corrected chi connectivity index (χ3v) is 6.78. The monoisotopic (exact) mass is 446 g/mol. The van der Waals surface area contributed by atoms with E-state index in [2.05, 4.69) is 15.6 Å². The first-order valence-corrected chi connectivity index (χ1v) is 11.8. The summed E-state index contributed by atoms with van der Waals surface area (Å²) in [4.78, 5) is 32.0. The lowest BCUT2D eigenvalue weighted by molar-refractivity contribution is -0.136. The van der Waals surface area contributed by atoms with E-state index >= 15 is 0 Å². The first-order chi connectivity index (χ1) is 14.9. The number of urea groups is 1. The lowest BCUT2D eigenvalue weighted by Crippen LogP contribution is -2.48. The van der Waals surface area contributed by atoms with E-state index in [1.54, 1.807) is 19.2 Å². The van der Waals surface area contributed by atoms with Gasteiger partial charge in [0.1, 0.15) is 5.82 Å². The molecule has 0 radical (unpaired) electrons. The van der Waals surface area contributed by atoms with Gasteiger partial charge in [0.2, 0.25) is 5.91 Å². The Labute approximate surface area is 187 Å². The van der Waals surface area contributed by atoms with Crippen LogP contribution in [0.2, 0.25) is 0 Å². The molecule has 0 saturated carbocycles. The van der Waals surface area contributed by atoms with Gasteiger partial charge in [0.15, 0.2) is 5.13 Å². The predicted octanol–water partition coefficient (Wildman–Crippen LogP) is 4.73. The van der Waals surface area contributed by atoms with Gasteiger partial charge in [-0.05, 0) is 49.8 Å². The van der Waals surface area contributed by atoms with Crippen molar-refractivity contribution >= 4 is 28.4 Å². The third-order valence-electron chi connectivity index (χ3n) is 5.87. The van der Waals surface area contributed by atoms with Gasteiger partial charge in [-0.15, -0.1) is 11.3 Å². The smallest absolute Gasteiger partial charge is 0.321 e. The van der Waals surface area contributed by atoms with Crippen LogP contribution in [-0.4, -0.2) is 41.0 Å². The van der Waals surface area contributed by atoms with Crippen molar-refractivity contribution in [2.75, 3.05) is 18.4 Å². The van der Waals surface area contributed by atoms with Crippen molar-refractivity contribution in [1.29, 1.82) is 0 Å². The number of aryl methyl sites for hydroxylation is 1. The molecule has 0 aliphatic carbocycles. The molecule has 1 aromatic heterocycles. The molecule has 8 heteroatoms. The van der Waals surface area contributed by atoms with E-state index in [0.29, 0.717) is 30.2 Å². The van der Waals surface area contributed by atoms with Crippen molar-refractivity contribution in [2.45, 2.75) is 58.9 Å². The lowest BCUT2D eigenvalue weighted by atomic mass is 9.98. The maximum Gasteiger partial charge on any atom is 0.321 e. The second-order valence-corrected chi connectivity index (χ2v) is 9.22. The number of halogens is 1. The molecule has 31 heavy (non-hydrogen) atoms. The minimum atomic E-state index is -0.285. The second-order valence-electron chi connectivity index (χ2n) is 8.10. The largest absolute Gasteiger partial charge is 0.342 e. The van der Waals surface area contributed by atoms with Gasteiger partial charge in [0.05, 0.1) is 0 Å². The summed E-state index contributed by atoms with van der Waals surface area (Å²) in [5.74, 6) is 0.118. The normalized spacial score (nSPS) is 14.7. The molecule has 0 unspecified atom stereocenters. The SMILES string of the molecule is CCC(CC)C(=O)N1CCC(NC(=O)Nc2ncc(Cc3ccc(C)c(F)c3)s2)CC1. The first-order valence-electron chi connectivity index (χ1n) is 11.0. The third kappa shape index (κ3) is 6.26. The number of carbonyl (C=O) groups excluding carboxylic acids is 2. The molecule has 0 spiro atoms. The van der Waals surface area contributed by atoms with Crippen molar-refractivity contribution < 1.29 is 14.0 Å². The molecule has 2 aromatic rings. The Balaban J connectivity index is 1.45. The molecule has 2 N–H and O–H groups in total. The minimum absolute atomic E-state index is 0.0423. The average molecular weight is 447 g/mol. The highest BCUT2D eigenvalue weighted by molar-refractivity contribution is 7.15. The number of hydrogen-bond acceptors (Lipinski definition) is 4. The number of rotatable bonds is 7. The number of piperidine rings is 1. The fourth-order valence-corrected chi connectivity index (χ4v) is 4.70. The van der Waals surface area contributed by atoms with E-state index < -0.39 is 0 Å². The van der Waals surface area contributed by atoms with Gasteiger partial charge < -0.3 is 10.2 Å². The van der Waals surface area contributed by atoms with Crippen LogP contribution in [0, 0.1) is 18.7 Å². The molecule has 6 nitrogen and oxygen atoms in total. The Morgan fingerprint density at radius 3 is 2.61 bits per heavy atom. The average Bonchev–Trinajstić information content (AvgIpc) is 3.18. The summed E-state index contributed by atoms with van der Waals surface area (Å²) in [7, 11) is 0. The number of hydrogen-bond donors (Lipinski definition) is 2. The van der Waals surface area contributed by atoms with Crippen LogP contribution in [0.4, 0.5) is 14.3 Å². The number of anilines is 1. The van der Waals surface area contributed by atoms with Gasteiger partial charge in [0.25, 0.3) is 0 Å². The first kappa shape index (κ1) is 23.2. The van der Waals surface area contributed by atoms with Crippen LogP contribution in [0.25, 0.3) is 0 Å². The standard InChI is InChI=1S/C23H31FN4O2S/c1-4-17(5-2)21(29)28-10-8-18(9-11-28)26-22(30)27-23-25-14-19(31-23)12-16-7-6-15(3)20(24)13-16/h6-7,13-14,17-18H,4-5,8-12H2,1-3H3,(H2,25,26,27,30). The summed E-state index contributed by atoms with van der Waals surface area (Å²) in [6.45, 7) is 7.19. The highest BCUT2D eigenvalue weighted by Crippen LogP contribution is 2.22. The van der Waals surface area contributed by atoms with Crippen molar-refractivity contribution in [3.05, 3.63) is 46.2 Å². The van der Waals surface area contributed by atoms with Gasteiger partial charge in [-0.25, -0.2) is 14.2 Å². The highest BCUT2D eigenvalue weighted by atomic mass is 32.1. The molecule has 0 atom stereocenters. The van der Waals surface area contributed by atoms with E-state index in [9.17, 15) is 14.0 Å². The van der Waals surface area contributed by atoms with Crippen molar-refractivity contribution in [1.82, 2.24) is 15.2 Å². The minimum Gasteiger partial charge on any atom is -0.342 e. The Morgan fingerprint density at radius 2 is 1.97 bits per heavy atom. The molecule has 0 bridgehead atoms. The predicted molar refractivity (Wildman–Crippen MR) is 122 cm³/mol. The molecule has 1 aliphatic heterocycles. The number of amides is 3. The van der Waals surface area contributed by atoms with Crippen LogP contribution in [-0.2, 0) is 11.2 Å². The number of likely N-dealkylation sites (tertiary alicyclic amines) is 1. The second kappa shape index (κ2) is 10.7. The Morgan fingerprint density at radius 1 is 1.26 bits per heavy atom. The molecule has 1 aliphatic rings. The Kier molecular flexibility index (Phi) is 8.01. The summed E-state index contributed by atoms with van der Waals surface area (Å²) < 4.78 is 13.7. The fourth-order valence-electron chi connectivity index (χ4n) is 3.85. The van der Waals surface area contributed by atoms with E-state index in [1.165, 1.54) is 17.4 Å². The van der Waals surface area contributed by atoms with Crippen LogP contribution in [0.3, 0.4) is 0 Å². The van der Waals surface area contributed by atoms with Gasteiger partial charge in [-0.1, -0.05) is 26.0 Å². The maximum absolute atomic E-state index is 13.7. The fraction of sp³-hybridized carbons (Fsp3) is 0.522. The zero-order valence-corrected chi connectivity index (χ0v) is 19.2. The van der Waals surface area contributed by atoms with Crippen LogP contribution in [0.1, 0.15) is 55.5 Å². The highest BCUT2D eigenvalue weighted by Gasteiger charge is 2.27. The Hall–Kier alpha value is -2.48. The summed E-state index contributed by atoms with van der Waals surface area (Å²) in [6.07, 6.45) is 5.51. The van der Waals surface area contributed by atoms with Crippen LogP contribution >= 0.6 is 11.3 Å². The van der Waals surface area contributed by atoms with E-state index in [-0.39, 0.29) is 29.7 Å². The summed E-state index contributed by atoms with van der Waals surface area (Å²) in [5.41, 5.74) is 1.50. The molecule has 3 amide bonds. The number of aromatic nitrogens is 1. The number of nitrogens with one attached hydrogen (secondary N) is 2. The summed E-state index contributed by atoms with van der Waals surface area (Å²) >= 11 is 1.38. The van der Waals surface area contributed by atoms with Crippen molar-refractivity contribution in [3.63, 3.8) is 0 Å². The molecular formula is C23H31FN4O2S. The topological polar surface area (TPSA) is 74.3 Å². The number of thiazole rings is 1. The van der Waals surface area contributed by atoms with Gasteiger partial charge >= 0.3 is 6.03 Å². The van der Waals surface area contributed by atoms with Gasteiger partial charge in [0, 0.05) is 42.5 Å². The number of nitrogens with zero attached hydrogens (tertiary/aromatic N) is 2. The number of benzene rings is 1. The summed E-state index contributed by atoms with van der Waals surface area (Å²) in [6, 6.07) is 4.96. The molecular weight excluding hydrogens is 415 g/mol. The zero-order valence-electron chi connectivity index (χ0n) is 18.4. The van der Waals surface area contributed by atoms with Crippen molar-refractivity contribution in [2.24, 2.45) is 5.92 Å². The van der Waals surface area contributed by atoms with Gasteiger partial charge in [-0.3, -0.25) is 10.1 Å². The molecule has 1 fully saturated rings. The van der Waals surface area contributed by atoms with E-state index in [0.717, 1.165) is 36.1 Å². The molecule has 3 rings (SSSR count). The van der Waals surface area contributed by atoms with Crippen LogP contribution < -0.4 is 10.6 Å². The van der Waals surface area contributed by atoms with Crippen LogP contribution in [0.15, 0.2) is 24.4 Å². The number of carbonyl (C=O) groups is 2. The van der Waals surface area contributed by atoms with Crippen LogP contribution in [0.5, 0.6) is 0 Å². The maximum atomic E-state index is 13.7. The molecule has 1 aromatic carbocycles. The summed E-state index contributed by atoms with van der Waals surface area (Å²) in [5, 5.41) is 6.29. The van der Waals surface area contributed by atoms with Crippen molar-refractivity contribution in [3.8, 4) is 0 Å². The quantitative estimate of drug-likeness (QED) is 0.646.